The minimum absolute atomic E-state index is 0.164. The molecular weight excluding hydrogens is 358 g/mol. The maximum atomic E-state index is 10.0. The summed E-state index contributed by atoms with van der Waals surface area (Å²) in [6.45, 7) is 4.03. The molecule has 1 unspecified atom stereocenters. The minimum Gasteiger partial charge on any atom is -0.504 e. The highest BCUT2D eigenvalue weighted by atomic mass is 16.5. The lowest BCUT2D eigenvalue weighted by atomic mass is 9.98. The summed E-state index contributed by atoms with van der Waals surface area (Å²) in [6, 6.07) is 3.05. The second kappa shape index (κ2) is 8.43. The first kappa shape index (κ1) is 19.1. The number of rotatable bonds is 4. The van der Waals surface area contributed by atoms with E-state index in [9.17, 15) is 15.3 Å². The number of aromatic hydroxyl groups is 2. The normalized spacial score (nSPS) is 21.1. The zero-order valence-corrected chi connectivity index (χ0v) is 16.0. The van der Waals surface area contributed by atoms with Crippen LogP contribution in [0.1, 0.15) is 24.1 Å². The number of phenolic OH excluding ortho intramolecular Hbond substituents is 2. The van der Waals surface area contributed by atoms with Gasteiger partial charge in [-0.3, -0.25) is 9.98 Å². The Labute approximate surface area is 164 Å². The minimum atomic E-state index is -0.174. The van der Waals surface area contributed by atoms with Crippen molar-refractivity contribution in [2.75, 3.05) is 39.5 Å². The van der Waals surface area contributed by atoms with E-state index in [0.29, 0.717) is 37.6 Å². The van der Waals surface area contributed by atoms with Gasteiger partial charge in [0, 0.05) is 54.4 Å². The van der Waals surface area contributed by atoms with Crippen molar-refractivity contribution in [3.8, 4) is 11.5 Å². The van der Waals surface area contributed by atoms with Crippen LogP contribution in [-0.4, -0.2) is 70.9 Å². The molecule has 1 fully saturated rings. The summed E-state index contributed by atoms with van der Waals surface area (Å²) in [4.78, 5) is 11.9. The first-order valence-electron chi connectivity index (χ1n) is 9.98. The van der Waals surface area contributed by atoms with Crippen molar-refractivity contribution in [2.24, 2.45) is 10.9 Å². The lowest BCUT2D eigenvalue weighted by Crippen LogP contribution is -2.37. The van der Waals surface area contributed by atoms with Gasteiger partial charge in [0.15, 0.2) is 11.5 Å². The number of aliphatic hydroxyl groups excluding tert-OH is 1. The number of hydrogen-bond donors (Lipinski definition) is 3. The molecule has 4 rings (SSSR count). The zero-order valence-electron chi connectivity index (χ0n) is 16.0. The Morgan fingerprint density at radius 1 is 1.21 bits per heavy atom. The van der Waals surface area contributed by atoms with Crippen LogP contribution in [0.5, 0.6) is 11.5 Å². The molecule has 1 saturated heterocycles. The van der Waals surface area contributed by atoms with Crippen LogP contribution >= 0.6 is 0 Å². The standard InChI is InChI=1S/C21H27N3O4/c25-7-6-24-5-1-2-14(13-24)12-22-21-15-3-8-28-9-4-17(15)23-18-11-20(27)19(26)10-16(18)21/h10-12,14,25-27H,1-9,13H2/b22-12-. The monoisotopic (exact) mass is 385 g/mol. The van der Waals surface area contributed by atoms with Gasteiger partial charge in [0.1, 0.15) is 0 Å². The van der Waals surface area contributed by atoms with Gasteiger partial charge in [-0.2, -0.15) is 0 Å². The summed E-state index contributed by atoms with van der Waals surface area (Å²) in [6.07, 6.45) is 5.62. The van der Waals surface area contributed by atoms with Gasteiger partial charge < -0.3 is 25.0 Å². The van der Waals surface area contributed by atoms with Crippen LogP contribution in [0.25, 0.3) is 10.9 Å². The highest BCUT2D eigenvalue weighted by Crippen LogP contribution is 2.38. The average molecular weight is 385 g/mol. The van der Waals surface area contributed by atoms with Gasteiger partial charge in [-0.15, -0.1) is 0 Å². The van der Waals surface area contributed by atoms with Gasteiger partial charge in [-0.1, -0.05) is 0 Å². The van der Waals surface area contributed by atoms with E-state index in [1.807, 2.05) is 6.21 Å². The molecular formula is C21H27N3O4. The molecule has 2 aromatic rings. The number of ether oxygens (including phenoxy) is 1. The summed E-state index contributed by atoms with van der Waals surface area (Å²) in [5, 5.41) is 29.9. The summed E-state index contributed by atoms with van der Waals surface area (Å²) >= 11 is 0. The molecule has 1 aromatic heterocycles. The van der Waals surface area contributed by atoms with E-state index in [-0.39, 0.29) is 18.1 Å². The second-order valence-electron chi connectivity index (χ2n) is 7.56. The van der Waals surface area contributed by atoms with Gasteiger partial charge >= 0.3 is 0 Å². The molecule has 3 N–H and O–H groups in total. The number of aromatic nitrogens is 1. The number of aliphatic imine (C=N–C) groups is 1. The number of likely N-dealkylation sites (tertiary alicyclic amines) is 1. The Kier molecular flexibility index (Phi) is 5.75. The van der Waals surface area contributed by atoms with E-state index >= 15 is 0 Å². The van der Waals surface area contributed by atoms with Crippen molar-refractivity contribution >= 4 is 22.8 Å². The molecule has 1 aromatic carbocycles. The highest BCUT2D eigenvalue weighted by molar-refractivity contribution is 5.95. The smallest absolute Gasteiger partial charge is 0.159 e. The number of aliphatic hydroxyl groups is 1. The fourth-order valence-electron chi connectivity index (χ4n) is 4.16. The van der Waals surface area contributed by atoms with E-state index < -0.39 is 0 Å². The van der Waals surface area contributed by atoms with Gasteiger partial charge in [-0.25, -0.2) is 0 Å². The lowest BCUT2D eigenvalue weighted by Gasteiger charge is -2.30. The van der Waals surface area contributed by atoms with Gasteiger partial charge in [-0.05, 0) is 31.9 Å². The summed E-state index contributed by atoms with van der Waals surface area (Å²) in [5.74, 6) is -0.0130. The molecule has 150 valence electrons. The molecule has 2 aliphatic rings. The zero-order chi connectivity index (χ0) is 19.5. The molecule has 2 aliphatic heterocycles. The van der Waals surface area contributed by atoms with E-state index in [1.54, 1.807) is 6.07 Å². The first-order valence-corrected chi connectivity index (χ1v) is 9.98. The number of pyridine rings is 1. The predicted molar refractivity (Wildman–Crippen MR) is 108 cm³/mol. The number of piperidine rings is 1. The van der Waals surface area contributed by atoms with Crippen LogP contribution in [-0.2, 0) is 17.6 Å². The number of β-amino-alcohol motifs (C(OH)–C–C–N with tert-alkyl or cyclic N) is 1. The van der Waals surface area contributed by atoms with Crippen molar-refractivity contribution in [1.82, 2.24) is 9.88 Å². The lowest BCUT2D eigenvalue weighted by molar-refractivity contribution is 0.146. The molecule has 1 atom stereocenters. The van der Waals surface area contributed by atoms with Crippen LogP contribution in [0.15, 0.2) is 17.1 Å². The van der Waals surface area contributed by atoms with Gasteiger partial charge in [0.25, 0.3) is 0 Å². The van der Waals surface area contributed by atoms with Crippen LogP contribution in [0, 0.1) is 5.92 Å². The molecule has 7 heteroatoms. The Hall–Kier alpha value is -2.22. The van der Waals surface area contributed by atoms with Crippen molar-refractivity contribution in [2.45, 2.75) is 25.7 Å². The van der Waals surface area contributed by atoms with Crippen LogP contribution in [0.4, 0.5) is 5.69 Å². The first-order chi connectivity index (χ1) is 13.7. The SMILES string of the molecule is OCCN1CCCC(/C=N\c2c3c(nc4cc(O)c(O)cc24)CCOCC3)C1. The predicted octanol–water partition coefficient (Wildman–Crippen LogP) is 2.17. The molecule has 0 amide bonds. The molecule has 0 spiro atoms. The fourth-order valence-corrected chi connectivity index (χ4v) is 4.16. The van der Waals surface area contributed by atoms with E-state index in [2.05, 4.69) is 4.90 Å². The van der Waals surface area contributed by atoms with Crippen LogP contribution in [0.3, 0.4) is 0 Å². The summed E-state index contributed by atoms with van der Waals surface area (Å²) in [7, 11) is 0. The fraction of sp³-hybridized carbons (Fsp3) is 0.524. The third-order valence-electron chi connectivity index (χ3n) is 5.59. The largest absolute Gasteiger partial charge is 0.504 e. The molecule has 0 radical (unpaired) electrons. The van der Waals surface area contributed by atoms with E-state index in [1.165, 1.54) is 6.07 Å². The van der Waals surface area contributed by atoms with Crippen LogP contribution < -0.4 is 0 Å². The number of phenols is 2. The molecule has 0 bridgehead atoms. The summed E-state index contributed by atoms with van der Waals surface area (Å²) < 4.78 is 5.62. The Morgan fingerprint density at radius 3 is 2.89 bits per heavy atom. The Bertz CT molecular complexity index is 882. The number of hydrogen-bond acceptors (Lipinski definition) is 7. The van der Waals surface area contributed by atoms with Crippen molar-refractivity contribution in [1.29, 1.82) is 0 Å². The van der Waals surface area contributed by atoms with Gasteiger partial charge in [0.2, 0.25) is 0 Å². The molecule has 0 saturated carbocycles. The van der Waals surface area contributed by atoms with Crippen molar-refractivity contribution in [3.05, 3.63) is 23.4 Å². The number of nitrogens with zero attached hydrogens (tertiary/aromatic N) is 3. The highest BCUT2D eigenvalue weighted by Gasteiger charge is 2.21. The van der Waals surface area contributed by atoms with E-state index in [0.717, 1.165) is 54.7 Å². The Balaban J connectivity index is 1.73. The average Bonchev–Trinajstić information content (AvgIpc) is 2.92. The van der Waals surface area contributed by atoms with E-state index in [4.69, 9.17) is 14.7 Å². The molecule has 7 nitrogen and oxygen atoms in total. The van der Waals surface area contributed by atoms with Crippen molar-refractivity contribution in [3.63, 3.8) is 0 Å². The van der Waals surface area contributed by atoms with Gasteiger partial charge in [0.05, 0.1) is 31.0 Å². The second-order valence-corrected chi connectivity index (χ2v) is 7.56. The van der Waals surface area contributed by atoms with Crippen molar-refractivity contribution < 1.29 is 20.1 Å². The summed E-state index contributed by atoms with van der Waals surface area (Å²) in [5.41, 5.74) is 3.47. The molecule has 3 heterocycles. The number of benzene rings is 1. The third kappa shape index (κ3) is 3.97. The quantitative estimate of drug-likeness (QED) is 0.551. The molecule has 0 aliphatic carbocycles. The maximum absolute atomic E-state index is 10.0. The number of fused-ring (bicyclic) bond motifs is 2. The van der Waals surface area contributed by atoms with Crippen LogP contribution in [0.2, 0.25) is 0 Å². The maximum Gasteiger partial charge on any atom is 0.159 e. The third-order valence-corrected chi connectivity index (χ3v) is 5.59. The topological polar surface area (TPSA) is 98.4 Å². The molecule has 28 heavy (non-hydrogen) atoms. The Morgan fingerprint density at radius 2 is 2.04 bits per heavy atom.